The molecule has 8 unspecified atom stereocenters. The first-order chi connectivity index (χ1) is 25.4. The first-order valence-electron chi connectivity index (χ1n) is 23.7. The van der Waals surface area contributed by atoms with E-state index in [1.807, 2.05) is 0 Å². The maximum absolute atomic E-state index is 5.39. The zero-order valence-corrected chi connectivity index (χ0v) is 37.1. The average Bonchev–Trinajstić information content (AvgIpc) is 3.83. The number of hydrogen-bond acceptors (Lipinski definition) is 4. The van der Waals surface area contributed by atoms with Crippen LogP contribution in [0.3, 0.4) is 0 Å². The van der Waals surface area contributed by atoms with E-state index in [0.717, 1.165) is 23.7 Å². The fourth-order valence-corrected chi connectivity index (χ4v) is 16.9. The summed E-state index contributed by atoms with van der Waals surface area (Å²) < 4.78 is 0. The molecule has 10 saturated carbocycles. The second-order valence-electron chi connectivity index (χ2n) is 23.4. The summed E-state index contributed by atoms with van der Waals surface area (Å²) in [5, 5.41) is 0. The predicted octanol–water partition coefficient (Wildman–Crippen LogP) is 13.0. The summed E-state index contributed by atoms with van der Waals surface area (Å²) in [4.78, 5) is 21.6. The molecule has 10 rings (SSSR count). The lowest BCUT2D eigenvalue weighted by atomic mass is 9.67. The summed E-state index contributed by atoms with van der Waals surface area (Å²) in [7, 11) is 0. The van der Waals surface area contributed by atoms with Gasteiger partial charge in [-0.1, -0.05) is 83.1 Å². The Morgan fingerprint density at radius 1 is 0.370 bits per heavy atom. The van der Waals surface area contributed by atoms with Crippen LogP contribution in [0.5, 0.6) is 0 Å². The highest BCUT2D eigenvalue weighted by Crippen LogP contribution is 2.69. The van der Waals surface area contributed by atoms with Crippen molar-refractivity contribution in [2.45, 2.75) is 223 Å². The minimum atomic E-state index is 0.400. The van der Waals surface area contributed by atoms with Gasteiger partial charge >= 0.3 is 0 Å². The maximum atomic E-state index is 5.39. The molecule has 0 aromatic carbocycles. The molecule has 10 aliphatic rings. The van der Waals surface area contributed by atoms with E-state index >= 15 is 0 Å². The summed E-state index contributed by atoms with van der Waals surface area (Å²) in [6.07, 6.45) is 23.8. The van der Waals surface area contributed by atoms with Crippen LogP contribution in [0.15, 0.2) is 20.0 Å². The Bertz CT molecular complexity index is 1430. The van der Waals surface area contributed by atoms with Gasteiger partial charge in [0, 0.05) is 44.5 Å². The van der Waals surface area contributed by atoms with Crippen LogP contribution >= 0.6 is 0 Å². The lowest BCUT2D eigenvalue weighted by molar-refractivity contribution is 0.170. The summed E-state index contributed by atoms with van der Waals surface area (Å²) in [5.41, 5.74) is 9.75. The third-order valence-corrected chi connectivity index (χ3v) is 21.8. The van der Waals surface area contributed by atoms with Gasteiger partial charge in [-0.3, -0.25) is 20.0 Å². The molecule has 10 aliphatic carbocycles. The summed E-state index contributed by atoms with van der Waals surface area (Å²) in [6.45, 7) is 29.7. The largest absolute Gasteiger partial charge is 0.288 e. The monoisotopic (exact) mass is 737 g/mol. The standard InChI is InChI=1S/2C25H40N2/c2*1-7-24-11-9-16(22(24,3)4)13-20(24)26-18-15-19(18)27-21-14-17-10-12-25(21,8-2)23(17,5)6/h2*16-19H,7-15H2,1-6H3/t2*16?,17?,18-,19-,24?,25?/m10/s1. The topological polar surface area (TPSA) is 49.4 Å². The van der Waals surface area contributed by atoms with Crippen LogP contribution < -0.4 is 0 Å². The Morgan fingerprint density at radius 2 is 0.574 bits per heavy atom. The predicted molar refractivity (Wildman–Crippen MR) is 230 cm³/mol. The Morgan fingerprint density at radius 3 is 0.741 bits per heavy atom. The second-order valence-corrected chi connectivity index (χ2v) is 23.4. The van der Waals surface area contributed by atoms with E-state index < -0.39 is 0 Å². The minimum Gasteiger partial charge on any atom is -0.288 e. The third kappa shape index (κ3) is 4.73. The Hall–Kier alpha value is -1.32. The van der Waals surface area contributed by atoms with Gasteiger partial charge in [0.25, 0.3) is 0 Å². The molecule has 0 spiro atoms. The SMILES string of the molecule is CCC12CCC(CC1=N[C@@H]1C[C@H]1N=C1CC3CCC1(CC)C3(C)C)C2(C)C.CCC12CCC(CC1=N[C@H]1C[C@@H]1N=C1CC3CCC1(CC)C3(C)C)C2(C)C. The second kappa shape index (κ2) is 12.1. The summed E-state index contributed by atoms with van der Waals surface area (Å²) >= 11 is 0. The summed E-state index contributed by atoms with van der Waals surface area (Å²) in [6, 6.07) is 2.01. The third-order valence-electron chi connectivity index (χ3n) is 21.8. The molecule has 0 radical (unpaired) electrons. The van der Waals surface area contributed by atoms with E-state index in [-0.39, 0.29) is 0 Å². The van der Waals surface area contributed by atoms with Crippen molar-refractivity contribution in [3.05, 3.63) is 0 Å². The van der Waals surface area contributed by atoms with Gasteiger partial charge in [0.2, 0.25) is 0 Å². The van der Waals surface area contributed by atoms with Gasteiger partial charge < -0.3 is 0 Å². The molecule has 4 heteroatoms. The van der Waals surface area contributed by atoms with Crippen LogP contribution in [0.4, 0.5) is 0 Å². The van der Waals surface area contributed by atoms with Crippen molar-refractivity contribution in [3.63, 3.8) is 0 Å². The molecular formula is C50H80N4. The zero-order valence-electron chi connectivity index (χ0n) is 37.1. The molecule has 0 aliphatic heterocycles. The van der Waals surface area contributed by atoms with Crippen molar-refractivity contribution in [2.75, 3.05) is 0 Å². The van der Waals surface area contributed by atoms with Gasteiger partial charge in [-0.25, -0.2) is 0 Å². The van der Waals surface area contributed by atoms with Crippen molar-refractivity contribution in [3.8, 4) is 0 Å². The average molecular weight is 737 g/mol. The van der Waals surface area contributed by atoms with Crippen molar-refractivity contribution in [1.29, 1.82) is 0 Å². The quantitative estimate of drug-likeness (QED) is 0.238. The van der Waals surface area contributed by atoms with Gasteiger partial charge in [0.15, 0.2) is 0 Å². The minimum absolute atomic E-state index is 0.400. The van der Waals surface area contributed by atoms with Gasteiger partial charge in [-0.05, 0) is 161 Å². The van der Waals surface area contributed by atoms with E-state index in [9.17, 15) is 0 Å². The van der Waals surface area contributed by atoms with Crippen LogP contribution in [-0.4, -0.2) is 47.0 Å². The molecule has 4 nitrogen and oxygen atoms in total. The molecule has 300 valence electrons. The van der Waals surface area contributed by atoms with Crippen LogP contribution in [0.25, 0.3) is 0 Å². The fourth-order valence-electron chi connectivity index (χ4n) is 16.9. The molecule has 12 atom stereocenters. The number of fused-ring (bicyclic) bond motifs is 8. The van der Waals surface area contributed by atoms with Crippen LogP contribution in [-0.2, 0) is 0 Å². The maximum Gasteiger partial charge on any atom is 0.0744 e. The van der Waals surface area contributed by atoms with E-state index in [2.05, 4.69) is 83.1 Å². The fraction of sp³-hybridized carbons (Fsp3) is 0.920. The molecular weight excluding hydrogens is 657 g/mol. The molecule has 8 bridgehead atoms. The molecule has 0 saturated heterocycles. The van der Waals surface area contributed by atoms with Crippen LogP contribution in [0.1, 0.15) is 199 Å². The highest BCUT2D eigenvalue weighted by Gasteiger charge is 2.65. The van der Waals surface area contributed by atoms with Crippen molar-refractivity contribution in [1.82, 2.24) is 0 Å². The lowest BCUT2D eigenvalue weighted by Crippen LogP contribution is -2.35. The van der Waals surface area contributed by atoms with Crippen molar-refractivity contribution in [2.24, 2.45) is 87.0 Å². The molecule has 0 heterocycles. The molecule has 0 amide bonds. The van der Waals surface area contributed by atoms with Crippen LogP contribution in [0.2, 0.25) is 0 Å². The zero-order chi connectivity index (χ0) is 38.5. The van der Waals surface area contributed by atoms with E-state index in [0.29, 0.717) is 67.5 Å². The van der Waals surface area contributed by atoms with Crippen molar-refractivity contribution < 1.29 is 0 Å². The molecule has 54 heavy (non-hydrogen) atoms. The molecule has 0 aromatic rings. The highest BCUT2D eigenvalue weighted by atomic mass is 15.0. The smallest absolute Gasteiger partial charge is 0.0744 e. The number of rotatable bonds is 8. The van der Waals surface area contributed by atoms with Gasteiger partial charge in [0.05, 0.1) is 24.2 Å². The first kappa shape index (κ1) is 38.2. The lowest BCUT2D eigenvalue weighted by Gasteiger charge is -2.38. The van der Waals surface area contributed by atoms with Gasteiger partial charge in [-0.2, -0.15) is 0 Å². The van der Waals surface area contributed by atoms with Crippen molar-refractivity contribution >= 4 is 22.8 Å². The number of hydrogen-bond donors (Lipinski definition) is 0. The van der Waals surface area contributed by atoms with Gasteiger partial charge in [-0.15, -0.1) is 0 Å². The molecule has 0 N–H and O–H groups in total. The highest BCUT2D eigenvalue weighted by molar-refractivity contribution is 5.97. The first-order valence-corrected chi connectivity index (χ1v) is 23.7. The normalized spacial score (nSPS) is 51.6. The Labute approximate surface area is 331 Å². The van der Waals surface area contributed by atoms with E-state index in [4.69, 9.17) is 20.0 Å². The van der Waals surface area contributed by atoms with Crippen LogP contribution in [0, 0.1) is 67.0 Å². The number of nitrogens with zero attached hydrogens (tertiary/aromatic N) is 4. The van der Waals surface area contributed by atoms with Gasteiger partial charge in [0.1, 0.15) is 0 Å². The Balaban J connectivity index is 0.000000142. The molecule has 10 fully saturated rings. The van der Waals surface area contributed by atoms with E-state index in [1.54, 1.807) is 22.8 Å². The Kier molecular flexibility index (Phi) is 8.57. The van der Waals surface area contributed by atoms with E-state index in [1.165, 1.54) is 116 Å². The summed E-state index contributed by atoms with van der Waals surface area (Å²) in [5.74, 6) is 3.48. The number of aliphatic imine (C=N–C) groups is 4. The molecule has 0 aromatic heterocycles.